The summed E-state index contributed by atoms with van der Waals surface area (Å²) in [7, 11) is -0.731. The molecule has 1 rings (SSSR count). The van der Waals surface area contributed by atoms with Gasteiger partial charge in [0, 0.05) is 29.4 Å². The van der Waals surface area contributed by atoms with Crippen LogP contribution in [0.25, 0.3) is 0 Å². The average molecular weight is 308 g/mol. The van der Waals surface area contributed by atoms with Gasteiger partial charge in [-0.15, -0.1) is 0 Å². The average Bonchev–Trinajstić information content (AvgIpc) is 2.23. The van der Waals surface area contributed by atoms with Crippen LogP contribution >= 0.6 is 15.9 Å². The zero-order valence-electron chi connectivity index (χ0n) is 9.13. The van der Waals surface area contributed by atoms with E-state index in [4.69, 9.17) is 0 Å². The summed E-state index contributed by atoms with van der Waals surface area (Å²) in [5.41, 5.74) is 0.901. The molecule has 5 heteroatoms. The van der Waals surface area contributed by atoms with Gasteiger partial charge in [0.25, 0.3) is 0 Å². The van der Waals surface area contributed by atoms with Gasteiger partial charge in [0.2, 0.25) is 0 Å². The van der Waals surface area contributed by atoms with Gasteiger partial charge in [-0.25, -0.2) is 4.39 Å². The summed E-state index contributed by atoms with van der Waals surface area (Å²) in [5, 5.41) is 3.19. The second-order valence-corrected chi connectivity index (χ2v) is 5.87. The van der Waals surface area contributed by atoms with Crippen LogP contribution in [0.5, 0.6) is 0 Å². The third-order valence-electron chi connectivity index (χ3n) is 2.13. The van der Waals surface area contributed by atoms with Gasteiger partial charge in [0.1, 0.15) is 5.82 Å². The molecule has 1 unspecified atom stereocenters. The van der Waals surface area contributed by atoms with Crippen molar-refractivity contribution in [2.45, 2.75) is 13.0 Å². The lowest BCUT2D eigenvalue weighted by Gasteiger charge is -2.06. The fourth-order valence-corrected chi connectivity index (χ4v) is 2.26. The Morgan fingerprint density at radius 2 is 2.25 bits per heavy atom. The van der Waals surface area contributed by atoms with Crippen LogP contribution < -0.4 is 5.32 Å². The summed E-state index contributed by atoms with van der Waals surface area (Å²) >= 11 is 3.21. The Morgan fingerprint density at radius 3 is 2.94 bits per heavy atom. The molecular weight excluding hydrogens is 293 g/mol. The highest BCUT2D eigenvalue weighted by atomic mass is 79.9. The van der Waals surface area contributed by atoms with Crippen LogP contribution in [0.4, 0.5) is 4.39 Å². The molecule has 0 bridgehead atoms. The number of halogens is 2. The summed E-state index contributed by atoms with van der Waals surface area (Å²) in [5.74, 6) is 0.464. The van der Waals surface area contributed by atoms with Crippen molar-refractivity contribution >= 4 is 26.7 Å². The largest absolute Gasteiger partial charge is 0.313 e. The maximum atomic E-state index is 13.1. The van der Waals surface area contributed by atoms with E-state index in [1.54, 1.807) is 12.3 Å². The van der Waals surface area contributed by atoms with Crippen molar-refractivity contribution in [1.82, 2.24) is 5.32 Å². The Morgan fingerprint density at radius 1 is 1.50 bits per heavy atom. The standard InChI is InChI=1S/C11H15BrFNOS/c1-16(15)7-3-6-14-8-9-4-2-5-10(13)11(9)12/h2,4-5,14H,3,6-8H2,1H3. The number of hydrogen-bond donors (Lipinski definition) is 1. The lowest BCUT2D eigenvalue weighted by molar-refractivity contribution is 0.611. The van der Waals surface area contributed by atoms with E-state index in [1.807, 2.05) is 6.07 Å². The third kappa shape index (κ3) is 4.72. The van der Waals surface area contributed by atoms with Crippen LogP contribution in [0.2, 0.25) is 0 Å². The van der Waals surface area contributed by atoms with E-state index in [0.29, 0.717) is 16.8 Å². The van der Waals surface area contributed by atoms with E-state index in [1.165, 1.54) is 6.07 Å². The van der Waals surface area contributed by atoms with E-state index in [-0.39, 0.29) is 5.82 Å². The lowest BCUT2D eigenvalue weighted by atomic mass is 10.2. The van der Waals surface area contributed by atoms with E-state index in [0.717, 1.165) is 18.5 Å². The van der Waals surface area contributed by atoms with Crippen LogP contribution in [0, 0.1) is 5.82 Å². The first kappa shape index (κ1) is 13.8. The quantitative estimate of drug-likeness (QED) is 0.818. The molecule has 90 valence electrons. The van der Waals surface area contributed by atoms with Gasteiger partial charge in [-0.2, -0.15) is 0 Å². The minimum Gasteiger partial charge on any atom is -0.313 e. The molecule has 1 atom stereocenters. The topological polar surface area (TPSA) is 29.1 Å². The maximum Gasteiger partial charge on any atom is 0.137 e. The van der Waals surface area contributed by atoms with Crippen molar-refractivity contribution in [3.63, 3.8) is 0 Å². The maximum absolute atomic E-state index is 13.1. The zero-order chi connectivity index (χ0) is 12.0. The zero-order valence-corrected chi connectivity index (χ0v) is 11.5. The Hall–Kier alpha value is -0.260. The highest BCUT2D eigenvalue weighted by molar-refractivity contribution is 9.10. The molecule has 0 aliphatic heterocycles. The molecule has 1 aromatic carbocycles. The smallest absolute Gasteiger partial charge is 0.137 e. The number of benzene rings is 1. The fourth-order valence-electron chi connectivity index (χ4n) is 1.31. The molecule has 0 saturated heterocycles. The molecule has 0 saturated carbocycles. The predicted molar refractivity (Wildman–Crippen MR) is 69.4 cm³/mol. The highest BCUT2D eigenvalue weighted by Crippen LogP contribution is 2.19. The summed E-state index contributed by atoms with van der Waals surface area (Å²) in [6.07, 6.45) is 2.57. The van der Waals surface area contributed by atoms with E-state index >= 15 is 0 Å². The molecular formula is C11H15BrFNOS. The van der Waals surface area contributed by atoms with Gasteiger partial charge in [-0.05, 0) is 40.5 Å². The van der Waals surface area contributed by atoms with Gasteiger partial charge in [-0.3, -0.25) is 4.21 Å². The molecule has 0 spiro atoms. The summed E-state index contributed by atoms with van der Waals surface area (Å²) < 4.78 is 24.5. The van der Waals surface area contributed by atoms with Crippen molar-refractivity contribution in [2.75, 3.05) is 18.6 Å². The summed E-state index contributed by atoms with van der Waals surface area (Å²) in [4.78, 5) is 0. The molecule has 1 aromatic rings. The van der Waals surface area contributed by atoms with Crippen molar-refractivity contribution in [3.8, 4) is 0 Å². The van der Waals surface area contributed by atoms with Gasteiger partial charge in [0.05, 0.1) is 4.47 Å². The molecule has 0 heterocycles. The Kier molecular flexibility index (Phi) is 6.16. The highest BCUT2D eigenvalue weighted by Gasteiger charge is 2.03. The van der Waals surface area contributed by atoms with Crippen molar-refractivity contribution in [1.29, 1.82) is 0 Å². The number of rotatable bonds is 6. The van der Waals surface area contributed by atoms with Gasteiger partial charge in [-0.1, -0.05) is 12.1 Å². The molecule has 0 aromatic heterocycles. The Labute approximate surface area is 106 Å². The molecule has 1 N–H and O–H groups in total. The summed E-state index contributed by atoms with van der Waals surface area (Å²) in [6.45, 7) is 1.41. The van der Waals surface area contributed by atoms with Crippen LogP contribution in [0.15, 0.2) is 22.7 Å². The Bertz CT molecular complexity index is 373. The molecule has 16 heavy (non-hydrogen) atoms. The van der Waals surface area contributed by atoms with E-state index in [2.05, 4.69) is 21.2 Å². The first-order valence-electron chi connectivity index (χ1n) is 5.05. The second kappa shape index (κ2) is 7.14. The molecule has 0 aliphatic rings. The van der Waals surface area contributed by atoms with E-state index in [9.17, 15) is 8.60 Å². The molecule has 2 nitrogen and oxygen atoms in total. The Balaban J connectivity index is 2.32. The molecule has 0 fully saturated rings. The number of nitrogens with one attached hydrogen (secondary N) is 1. The van der Waals surface area contributed by atoms with Crippen LogP contribution in [0.1, 0.15) is 12.0 Å². The number of hydrogen-bond acceptors (Lipinski definition) is 2. The van der Waals surface area contributed by atoms with Crippen LogP contribution in [0.3, 0.4) is 0 Å². The van der Waals surface area contributed by atoms with Crippen LogP contribution in [-0.2, 0) is 17.3 Å². The minimum atomic E-state index is -0.731. The second-order valence-electron chi connectivity index (χ2n) is 3.52. The van der Waals surface area contributed by atoms with Crippen molar-refractivity contribution < 1.29 is 8.60 Å². The first-order chi connectivity index (χ1) is 7.61. The van der Waals surface area contributed by atoms with Crippen molar-refractivity contribution in [2.24, 2.45) is 0 Å². The van der Waals surface area contributed by atoms with Crippen molar-refractivity contribution in [3.05, 3.63) is 34.1 Å². The van der Waals surface area contributed by atoms with Gasteiger partial charge >= 0.3 is 0 Å². The monoisotopic (exact) mass is 307 g/mol. The predicted octanol–water partition coefficient (Wildman–Crippen LogP) is 2.45. The normalized spacial score (nSPS) is 12.7. The molecule has 0 amide bonds. The molecule has 0 aliphatic carbocycles. The molecule has 0 radical (unpaired) electrons. The van der Waals surface area contributed by atoms with E-state index < -0.39 is 10.8 Å². The third-order valence-corrected chi connectivity index (χ3v) is 3.88. The van der Waals surface area contributed by atoms with Gasteiger partial charge < -0.3 is 5.32 Å². The minimum absolute atomic E-state index is 0.242. The van der Waals surface area contributed by atoms with Gasteiger partial charge in [0.15, 0.2) is 0 Å². The first-order valence-corrected chi connectivity index (χ1v) is 7.57. The fraction of sp³-hybridized carbons (Fsp3) is 0.455. The summed E-state index contributed by atoms with van der Waals surface area (Å²) in [6, 6.07) is 4.99. The lowest BCUT2D eigenvalue weighted by Crippen LogP contribution is -2.17. The van der Waals surface area contributed by atoms with Crippen LogP contribution in [-0.4, -0.2) is 22.8 Å². The SMILES string of the molecule is CS(=O)CCCNCc1cccc(F)c1Br.